The van der Waals surface area contributed by atoms with Gasteiger partial charge in [-0.3, -0.25) is 4.98 Å². The number of nitrogens with zero attached hydrogens (tertiary/aromatic N) is 1. The molecule has 3 rings (SSSR count). The van der Waals surface area contributed by atoms with Crippen LogP contribution in [0.2, 0.25) is 0 Å². The number of carboxylic acid groups (broad SMARTS) is 1. The lowest BCUT2D eigenvalue weighted by molar-refractivity contribution is 0.0696. The number of anilines is 1. The van der Waals surface area contributed by atoms with Gasteiger partial charge in [-0.1, -0.05) is 0 Å². The van der Waals surface area contributed by atoms with E-state index in [1.54, 1.807) is 0 Å². The first-order chi connectivity index (χ1) is 10.1. The van der Waals surface area contributed by atoms with Gasteiger partial charge in [-0.25, -0.2) is 9.59 Å². The minimum Gasteiger partial charge on any atom is -0.478 e. The van der Waals surface area contributed by atoms with E-state index in [-0.39, 0.29) is 23.7 Å². The van der Waals surface area contributed by atoms with Crippen molar-refractivity contribution in [3.8, 4) is 0 Å². The summed E-state index contributed by atoms with van der Waals surface area (Å²) in [4.78, 5) is 26.6. The molecule has 112 valence electrons. The average Bonchev–Trinajstić information content (AvgIpc) is 3.19. The van der Waals surface area contributed by atoms with Crippen molar-refractivity contribution in [2.75, 3.05) is 11.9 Å². The van der Waals surface area contributed by atoms with E-state index in [1.807, 2.05) is 0 Å². The zero-order valence-electron chi connectivity index (χ0n) is 11.4. The number of aromatic carboxylic acids is 1. The van der Waals surface area contributed by atoms with Gasteiger partial charge in [-0.05, 0) is 31.2 Å². The quantitative estimate of drug-likeness (QED) is 0.780. The molecule has 0 aromatic carbocycles. The molecule has 0 spiro atoms. The average molecular weight is 291 g/mol. The van der Waals surface area contributed by atoms with Crippen molar-refractivity contribution < 1.29 is 19.4 Å². The maximum Gasteiger partial charge on any atom is 0.337 e. The molecule has 2 unspecified atom stereocenters. The summed E-state index contributed by atoms with van der Waals surface area (Å²) in [5, 5.41) is 14.4. The standard InChI is InChI=1S/C14H17N3O4/c18-13(19)9-5-10(7-15-6-9)16-14(20)17-11-3-4-21-12(11)8-1-2-8/h5-8,11-12H,1-4H2,(H,18,19)(H2,16,17,20). The number of aromatic nitrogens is 1. The zero-order chi connectivity index (χ0) is 14.8. The molecular formula is C14H17N3O4. The minimum absolute atomic E-state index is 0.0214. The van der Waals surface area contributed by atoms with Gasteiger partial charge in [0.1, 0.15) is 0 Å². The minimum atomic E-state index is -1.08. The van der Waals surface area contributed by atoms with Crippen molar-refractivity contribution >= 4 is 17.7 Å². The molecule has 0 radical (unpaired) electrons. The second kappa shape index (κ2) is 5.69. The van der Waals surface area contributed by atoms with Gasteiger partial charge < -0.3 is 20.5 Å². The van der Waals surface area contributed by atoms with E-state index in [9.17, 15) is 9.59 Å². The largest absolute Gasteiger partial charge is 0.478 e. The second-order valence-electron chi connectivity index (χ2n) is 5.43. The molecule has 1 aliphatic carbocycles. The Morgan fingerprint density at radius 3 is 2.81 bits per heavy atom. The number of nitrogens with one attached hydrogen (secondary N) is 2. The Morgan fingerprint density at radius 2 is 2.10 bits per heavy atom. The van der Waals surface area contributed by atoms with Crippen LogP contribution < -0.4 is 10.6 Å². The predicted molar refractivity (Wildman–Crippen MR) is 74.2 cm³/mol. The first-order valence-electron chi connectivity index (χ1n) is 7.01. The fourth-order valence-corrected chi connectivity index (χ4v) is 2.62. The Morgan fingerprint density at radius 1 is 1.29 bits per heavy atom. The molecule has 1 saturated carbocycles. The third-order valence-corrected chi connectivity index (χ3v) is 3.78. The zero-order valence-corrected chi connectivity index (χ0v) is 11.4. The summed E-state index contributed by atoms with van der Waals surface area (Å²) in [6.45, 7) is 0.669. The molecule has 1 aromatic heterocycles. The van der Waals surface area contributed by atoms with Gasteiger partial charge >= 0.3 is 12.0 Å². The van der Waals surface area contributed by atoms with Crippen LogP contribution in [0.5, 0.6) is 0 Å². The molecule has 3 N–H and O–H groups in total. The van der Waals surface area contributed by atoms with Crippen LogP contribution in [-0.4, -0.2) is 40.8 Å². The highest BCUT2D eigenvalue weighted by Crippen LogP contribution is 2.38. The number of carbonyl (C=O) groups is 2. The van der Waals surface area contributed by atoms with E-state index in [2.05, 4.69) is 15.6 Å². The van der Waals surface area contributed by atoms with Crippen molar-refractivity contribution in [1.82, 2.24) is 10.3 Å². The Bertz CT molecular complexity index is 559. The molecule has 1 aromatic rings. The number of pyridine rings is 1. The van der Waals surface area contributed by atoms with E-state index in [0.717, 1.165) is 19.3 Å². The summed E-state index contributed by atoms with van der Waals surface area (Å²) >= 11 is 0. The molecule has 7 heteroatoms. The molecule has 2 fully saturated rings. The van der Waals surface area contributed by atoms with Crippen LogP contribution in [0.15, 0.2) is 18.5 Å². The van der Waals surface area contributed by atoms with Crippen molar-refractivity contribution in [3.05, 3.63) is 24.0 Å². The first-order valence-corrected chi connectivity index (χ1v) is 7.01. The normalized spacial score (nSPS) is 24.6. The lowest BCUT2D eigenvalue weighted by Gasteiger charge is -2.19. The Labute approximate surface area is 121 Å². The first kappa shape index (κ1) is 13.8. The number of carboxylic acids is 1. The highest BCUT2D eigenvalue weighted by molar-refractivity contribution is 5.92. The van der Waals surface area contributed by atoms with Crippen LogP contribution >= 0.6 is 0 Å². The fourth-order valence-electron chi connectivity index (χ4n) is 2.62. The lowest BCUT2D eigenvalue weighted by atomic mass is 10.1. The smallest absolute Gasteiger partial charge is 0.337 e. The Kier molecular flexibility index (Phi) is 3.74. The van der Waals surface area contributed by atoms with Crippen LogP contribution in [-0.2, 0) is 4.74 Å². The summed E-state index contributed by atoms with van der Waals surface area (Å²) in [6.07, 6.45) is 5.89. The van der Waals surface area contributed by atoms with E-state index in [0.29, 0.717) is 18.2 Å². The molecule has 7 nitrogen and oxygen atoms in total. The van der Waals surface area contributed by atoms with Gasteiger partial charge in [-0.2, -0.15) is 0 Å². The van der Waals surface area contributed by atoms with Crippen molar-refractivity contribution in [2.24, 2.45) is 5.92 Å². The molecule has 1 aliphatic heterocycles. The van der Waals surface area contributed by atoms with E-state index >= 15 is 0 Å². The van der Waals surface area contributed by atoms with E-state index in [4.69, 9.17) is 9.84 Å². The highest BCUT2D eigenvalue weighted by Gasteiger charge is 2.41. The summed E-state index contributed by atoms with van der Waals surface area (Å²) in [6, 6.07) is 1.03. The summed E-state index contributed by atoms with van der Waals surface area (Å²) in [7, 11) is 0. The molecule has 2 heterocycles. The van der Waals surface area contributed by atoms with Gasteiger partial charge in [0.15, 0.2) is 0 Å². The third kappa shape index (κ3) is 3.30. The van der Waals surface area contributed by atoms with E-state index < -0.39 is 5.97 Å². The summed E-state index contributed by atoms with van der Waals surface area (Å²) < 4.78 is 5.66. The van der Waals surface area contributed by atoms with Gasteiger partial charge in [0, 0.05) is 12.8 Å². The maximum atomic E-state index is 12.0. The Hall–Kier alpha value is -2.15. The number of hydrogen-bond donors (Lipinski definition) is 3. The van der Waals surface area contributed by atoms with Crippen LogP contribution in [0, 0.1) is 5.92 Å². The van der Waals surface area contributed by atoms with Gasteiger partial charge in [0.05, 0.1) is 29.6 Å². The van der Waals surface area contributed by atoms with E-state index in [1.165, 1.54) is 18.5 Å². The van der Waals surface area contributed by atoms with Crippen molar-refractivity contribution in [2.45, 2.75) is 31.4 Å². The monoisotopic (exact) mass is 291 g/mol. The number of amides is 2. The van der Waals surface area contributed by atoms with Crippen molar-refractivity contribution in [3.63, 3.8) is 0 Å². The van der Waals surface area contributed by atoms with Crippen LogP contribution in [0.25, 0.3) is 0 Å². The summed E-state index contributed by atoms with van der Waals surface area (Å²) in [5.74, 6) is -0.514. The molecular weight excluding hydrogens is 274 g/mol. The van der Waals surface area contributed by atoms with Crippen LogP contribution in [0.1, 0.15) is 29.6 Å². The molecule has 21 heavy (non-hydrogen) atoms. The second-order valence-corrected chi connectivity index (χ2v) is 5.43. The number of hydrogen-bond acceptors (Lipinski definition) is 4. The topological polar surface area (TPSA) is 101 Å². The molecule has 2 atom stereocenters. The predicted octanol–water partition coefficient (Wildman–Crippen LogP) is 1.47. The number of urea groups is 1. The molecule has 1 saturated heterocycles. The number of rotatable bonds is 4. The lowest BCUT2D eigenvalue weighted by Crippen LogP contribution is -2.43. The SMILES string of the molecule is O=C(Nc1cncc(C(=O)O)c1)NC1CCOC1C1CC1. The molecule has 2 amide bonds. The van der Waals surface area contributed by atoms with Crippen LogP contribution in [0.4, 0.5) is 10.5 Å². The summed E-state index contributed by atoms with van der Waals surface area (Å²) in [5.41, 5.74) is 0.391. The molecule has 2 aliphatic rings. The fraction of sp³-hybridized carbons (Fsp3) is 0.500. The third-order valence-electron chi connectivity index (χ3n) is 3.78. The molecule has 0 bridgehead atoms. The maximum absolute atomic E-state index is 12.0. The van der Waals surface area contributed by atoms with Gasteiger partial charge in [0.2, 0.25) is 0 Å². The highest BCUT2D eigenvalue weighted by atomic mass is 16.5. The van der Waals surface area contributed by atoms with Crippen LogP contribution in [0.3, 0.4) is 0 Å². The van der Waals surface area contributed by atoms with Crippen molar-refractivity contribution in [1.29, 1.82) is 0 Å². The number of ether oxygens (including phenoxy) is 1. The number of carbonyl (C=O) groups excluding carboxylic acids is 1. The Balaban J connectivity index is 1.58. The van der Waals surface area contributed by atoms with Gasteiger partial charge in [-0.15, -0.1) is 0 Å². The van der Waals surface area contributed by atoms with Gasteiger partial charge in [0.25, 0.3) is 0 Å².